The van der Waals surface area contributed by atoms with E-state index in [1.165, 1.54) is 12.1 Å². The normalized spacial score (nSPS) is 8.05. The van der Waals surface area contributed by atoms with E-state index < -0.39 is 22.1 Å². The van der Waals surface area contributed by atoms with Gasteiger partial charge in [0.25, 0.3) is 0 Å². The first-order chi connectivity index (χ1) is 6.40. The molecule has 1 aromatic rings. The van der Waals surface area contributed by atoms with Crippen molar-refractivity contribution in [3.05, 3.63) is 29.8 Å². The number of rotatable bonds is 3. The Morgan fingerprint density at radius 3 is 1.79 bits per heavy atom. The molecule has 0 aliphatic carbocycles. The Kier molecular flexibility index (Phi) is 18.0. The molecule has 11 nitrogen and oxygen atoms in total. The zero-order chi connectivity index (χ0) is 10.8. The fourth-order valence-corrected chi connectivity index (χ4v) is 1.20. The zero-order valence-electron chi connectivity index (χ0n) is 9.25. The van der Waals surface area contributed by atoms with Gasteiger partial charge in [-0.2, -0.15) is 8.42 Å². The van der Waals surface area contributed by atoms with E-state index in [1.807, 2.05) is 0 Å². The maximum atomic E-state index is 10.6. The summed E-state index contributed by atoms with van der Waals surface area (Å²) in [4.78, 5) is 10.6. The largest absolute Gasteiger partial charge is 0.478 e. The van der Waals surface area contributed by atoms with Crippen molar-refractivity contribution in [2.45, 2.75) is 0 Å². The van der Waals surface area contributed by atoms with Crippen LogP contribution in [0.3, 0.4) is 0 Å². The molecule has 1 aromatic carbocycles. The molecule has 0 spiro atoms. The van der Waals surface area contributed by atoms with Gasteiger partial charge in [0.15, 0.2) is 5.75 Å². The third-order valence-corrected chi connectivity index (χ3v) is 1.70. The van der Waals surface area contributed by atoms with Crippen LogP contribution in [0.4, 0.5) is 0 Å². The number of para-hydroxylation sites is 1. The number of hydrogen-bond acceptors (Lipinski definition) is 4. The van der Waals surface area contributed by atoms with Gasteiger partial charge >= 0.3 is 16.4 Å². The summed E-state index contributed by atoms with van der Waals surface area (Å²) in [6.07, 6.45) is 0. The van der Waals surface area contributed by atoms with E-state index in [1.54, 1.807) is 0 Å². The molecule has 0 bridgehead atoms. The average molecular weight is 308 g/mol. The Balaban J connectivity index is -0.000000131. The van der Waals surface area contributed by atoms with Crippen LogP contribution in [0, 0.1) is 0 Å². The number of aromatic carboxylic acids is 1. The van der Waals surface area contributed by atoms with Crippen LogP contribution in [0.5, 0.6) is 5.75 Å². The van der Waals surface area contributed by atoms with Crippen molar-refractivity contribution in [1.82, 2.24) is 0 Å². The van der Waals surface area contributed by atoms with Crippen molar-refractivity contribution in [1.29, 1.82) is 0 Å². The molecule has 0 aromatic heterocycles. The summed E-state index contributed by atoms with van der Waals surface area (Å²) in [7, 11) is -4.70. The zero-order valence-corrected chi connectivity index (χ0v) is 10.1. The summed E-state index contributed by atoms with van der Waals surface area (Å²) in [5.74, 6) is -1.77. The lowest BCUT2D eigenvalue weighted by Gasteiger charge is -2.03. The van der Waals surface area contributed by atoms with Gasteiger partial charge < -0.3 is 36.7 Å². The maximum absolute atomic E-state index is 10.6. The lowest BCUT2D eigenvalue weighted by Crippen LogP contribution is -2.10. The molecule has 0 amide bonds. The van der Waals surface area contributed by atoms with Crippen molar-refractivity contribution in [2.24, 2.45) is 0 Å². The van der Waals surface area contributed by atoms with E-state index in [-0.39, 0.29) is 32.9 Å². The first-order valence-electron chi connectivity index (χ1n) is 3.39. The van der Waals surface area contributed by atoms with Crippen LogP contribution in [-0.4, -0.2) is 51.4 Å². The number of carboxylic acids is 1. The van der Waals surface area contributed by atoms with E-state index in [2.05, 4.69) is 4.18 Å². The minimum absolute atomic E-state index is 0. The fraction of sp³-hybridized carbons (Fsp3) is 0. The minimum Gasteiger partial charge on any atom is -0.478 e. The Hall–Kier alpha value is -1.80. The number of hydrogen-bond donors (Lipinski definition) is 2. The quantitative estimate of drug-likeness (QED) is 0.533. The summed E-state index contributed by atoms with van der Waals surface area (Å²) >= 11 is 0. The highest BCUT2D eigenvalue weighted by Gasteiger charge is 2.15. The minimum atomic E-state index is -4.70. The molecule has 12 heteroatoms. The molecule has 0 saturated carbocycles. The molecule has 0 unspecified atom stereocenters. The highest BCUT2D eigenvalue weighted by atomic mass is 32.3. The lowest BCUT2D eigenvalue weighted by atomic mass is 10.2. The number of carbonyl (C=O) groups is 1. The monoisotopic (exact) mass is 308 g/mol. The van der Waals surface area contributed by atoms with E-state index in [0.717, 1.165) is 12.1 Å². The van der Waals surface area contributed by atoms with Crippen molar-refractivity contribution in [3.63, 3.8) is 0 Å². The Bertz CT molecular complexity index is 454. The van der Waals surface area contributed by atoms with Gasteiger partial charge in [-0.05, 0) is 12.1 Å². The van der Waals surface area contributed by atoms with Gasteiger partial charge in [0.1, 0.15) is 5.56 Å². The Morgan fingerprint density at radius 2 is 1.42 bits per heavy atom. The molecule has 1 rings (SSSR count). The van der Waals surface area contributed by atoms with Gasteiger partial charge in [0, 0.05) is 0 Å². The third-order valence-electron chi connectivity index (χ3n) is 1.31. The highest BCUT2D eigenvalue weighted by molar-refractivity contribution is 7.81. The van der Waals surface area contributed by atoms with E-state index in [0.29, 0.717) is 0 Å². The van der Waals surface area contributed by atoms with Gasteiger partial charge in [-0.25, -0.2) is 4.79 Å². The Morgan fingerprint density at radius 1 is 1.00 bits per heavy atom. The molecule has 116 valence electrons. The molecule has 12 N–H and O–H groups in total. The van der Waals surface area contributed by atoms with Gasteiger partial charge in [0.05, 0.1) is 0 Å². The molecule has 0 aliphatic rings. The molecule has 0 fully saturated rings. The van der Waals surface area contributed by atoms with E-state index in [4.69, 9.17) is 9.66 Å². The maximum Gasteiger partial charge on any atom is 0.446 e. The lowest BCUT2D eigenvalue weighted by molar-refractivity contribution is 0.0695. The molecule has 0 saturated heterocycles. The summed E-state index contributed by atoms with van der Waals surface area (Å²) in [6.45, 7) is 0. The van der Waals surface area contributed by atoms with E-state index in [9.17, 15) is 13.2 Å². The van der Waals surface area contributed by atoms with Crippen molar-refractivity contribution in [2.75, 3.05) is 0 Å². The topological polar surface area (TPSA) is 258 Å². The highest BCUT2D eigenvalue weighted by Crippen LogP contribution is 2.18. The number of carboxylic acid groups (broad SMARTS) is 1. The molecule has 0 radical (unpaired) electrons. The summed E-state index contributed by atoms with van der Waals surface area (Å²) in [6, 6.07) is 5.06. The first kappa shape index (κ1) is 30.3. The van der Waals surface area contributed by atoms with Crippen LogP contribution in [-0.2, 0) is 10.4 Å². The van der Waals surface area contributed by atoms with Crippen LogP contribution in [0.1, 0.15) is 10.4 Å². The van der Waals surface area contributed by atoms with Gasteiger partial charge in [-0.3, -0.25) is 4.55 Å². The molecular formula is C7H16O11S. The SMILES string of the molecule is O.O.O.O.O.O=C(O)c1ccccc1OS(=O)(=O)O. The second-order valence-electron chi connectivity index (χ2n) is 2.31. The van der Waals surface area contributed by atoms with E-state index >= 15 is 0 Å². The average Bonchev–Trinajstić information content (AvgIpc) is 2.01. The fourth-order valence-electron chi connectivity index (χ4n) is 0.829. The number of benzene rings is 1. The second-order valence-corrected chi connectivity index (χ2v) is 3.33. The summed E-state index contributed by atoms with van der Waals surface area (Å²) < 4.78 is 33.0. The summed E-state index contributed by atoms with van der Waals surface area (Å²) in [5.41, 5.74) is -0.342. The molecule has 0 heterocycles. The predicted molar refractivity (Wildman–Crippen MR) is 63.6 cm³/mol. The third kappa shape index (κ3) is 9.86. The molecular weight excluding hydrogens is 292 g/mol. The van der Waals surface area contributed by atoms with Crippen molar-refractivity contribution >= 4 is 16.4 Å². The van der Waals surface area contributed by atoms with Gasteiger partial charge in [-0.1, -0.05) is 12.1 Å². The van der Waals surface area contributed by atoms with Gasteiger partial charge in [0.2, 0.25) is 0 Å². The van der Waals surface area contributed by atoms with Gasteiger partial charge in [-0.15, -0.1) is 0 Å². The van der Waals surface area contributed by atoms with Crippen molar-refractivity contribution < 1.29 is 54.4 Å². The molecule has 0 atom stereocenters. The van der Waals surface area contributed by atoms with Crippen LogP contribution in [0.2, 0.25) is 0 Å². The standard InChI is InChI=1S/C7H6O6S.5H2O/c8-7(9)5-3-1-2-4-6(5)13-14(10,11)12;;;;;/h1-4H,(H,8,9)(H,10,11,12);5*1H2. The first-order valence-corrected chi connectivity index (χ1v) is 4.76. The Labute approximate surface area is 107 Å². The molecule has 19 heavy (non-hydrogen) atoms. The smallest absolute Gasteiger partial charge is 0.446 e. The second kappa shape index (κ2) is 11.3. The van der Waals surface area contributed by atoms with Crippen LogP contribution >= 0.6 is 0 Å². The summed E-state index contributed by atoms with van der Waals surface area (Å²) in [5, 5.41) is 8.61. The van der Waals surface area contributed by atoms with Crippen LogP contribution in [0.15, 0.2) is 24.3 Å². The van der Waals surface area contributed by atoms with Crippen LogP contribution < -0.4 is 4.18 Å². The predicted octanol–water partition coefficient (Wildman–Crippen LogP) is -3.56. The molecule has 0 aliphatic heterocycles. The van der Waals surface area contributed by atoms with Crippen molar-refractivity contribution in [3.8, 4) is 5.75 Å². The van der Waals surface area contributed by atoms with Crippen LogP contribution in [0.25, 0.3) is 0 Å².